The highest BCUT2D eigenvalue weighted by molar-refractivity contribution is 5.93. The number of hydrogen-bond acceptors (Lipinski definition) is 4. The zero-order valence-electron chi connectivity index (χ0n) is 13.2. The van der Waals surface area contributed by atoms with E-state index in [9.17, 15) is 13.2 Å². The number of nitrogens with one attached hydrogen (secondary N) is 1. The number of hydrogen-bond donors (Lipinski definition) is 1. The number of nitrogens with zero attached hydrogens (tertiary/aromatic N) is 3. The van der Waals surface area contributed by atoms with Crippen molar-refractivity contribution in [1.82, 2.24) is 15.0 Å². The Hall–Kier alpha value is -2.70. The Morgan fingerprint density at radius 2 is 1.72 bits per heavy atom. The topological polar surface area (TPSA) is 50.7 Å². The Morgan fingerprint density at radius 3 is 2.36 bits per heavy atom. The van der Waals surface area contributed by atoms with Gasteiger partial charge in [0.2, 0.25) is 0 Å². The molecule has 25 heavy (non-hydrogen) atoms. The minimum Gasteiger partial charge on any atom is -0.371 e. The first kappa shape index (κ1) is 15.8. The van der Waals surface area contributed by atoms with Crippen LogP contribution in [0.1, 0.15) is 19.3 Å². The van der Waals surface area contributed by atoms with Gasteiger partial charge in [-0.2, -0.15) is 13.2 Å². The van der Waals surface area contributed by atoms with Crippen LogP contribution in [0.4, 0.5) is 18.9 Å². The molecule has 3 heterocycles. The van der Waals surface area contributed by atoms with Crippen molar-refractivity contribution in [3.63, 3.8) is 0 Å². The number of aromatic nitrogens is 3. The molecule has 1 aliphatic carbocycles. The van der Waals surface area contributed by atoms with Crippen LogP contribution in [-0.4, -0.2) is 26.7 Å². The van der Waals surface area contributed by atoms with Crippen LogP contribution in [-0.2, 0) is 0 Å². The van der Waals surface area contributed by atoms with Crippen molar-refractivity contribution in [3.8, 4) is 11.3 Å². The maximum absolute atomic E-state index is 13.6. The third-order valence-corrected chi connectivity index (χ3v) is 4.71. The Bertz CT molecular complexity index is 905. The van der Waals surface area contributed by atoms with Gasteiger partial charge in [-0.3, -0.25) is 9.97 Å². The first-order valence-electron chi connectivity index (χ1n) is 7.99. The summed E-state index contributed by atoms with van der Waals surface area (Å²) in [4.78, 5) is 12.5. The highest BCUT2D eigenvalue weighted by atomic mass is 19.4. The Kier molecular flexibility index (Phi) is 3.59. The number of fused-ring (bicyclic) bond motifs is 1. The molecule has 0 atom stereocenters. The van der Waals surface area contributed by atoms with Gasteiger partial charge in [-0.25, -0.2) is 4.98 Å². The van der Waals surface area contributed by atoms with Gasteiger partial charge in [-0.15, -0.1) is 0 Å². The molecule has 1 saturated carbocycles. The lowest BCUT2D eigenvalue weighted by atomic mass is 9.76. The third-order valence-electron chi connectivity index (χ3n) is 4.71. The van der Waals surface area contributed by atoms with Crippen molar-refractivity contribution in [2.45, 2.75) is 31.0 Å². The van der Waals surface area contributed by atoms with Crippen LogP contribution in [0, 0.1) is 0 Å². The number of alkyl halides is 3. The summed E-state index contributed by atoms with van der Waals surface area (Å²) in [5.41, 5.74) is 0.493. The SMILES string of the molecule is FC(F)(F)C1(Nc2cc(-c3ccncc3)nc3cnccc23)CCC1. The van der Waals surface area contributed by atoms with Crippen molar-refractivity contribution < 1.29 is 13.2 Å². The van der Waals surface area contributed by atoms with E-state index in [0.29, 0.717) is 28.7 Å². The van der Waals surface area contributed by atoms with Gasteiger partial charge in [-0.1, -0.05) is 0 Å². The lowest BCUT2D eigenvalue weighted by Crippen LogP contribution is -2.56. The van der Waals surface area contributed by atoms with Gasteiger partial charge in [0.1, 0.15) is 5.54 Å². The molecule has 0 amide bonds. The standard InChI is InChI=1S/C18H15F3N4/c19-18(20,21)17(5-1-6-17)25-15-10-14(12-2-7-22-8-3-12)24-16-11-23-9-4-13(15)16/h2-4,7-11H,1,5-6H2,(H,24,25). The zero-order chi connectivity index (χ0) is 17.5. The predicted octanol–water partition coefficient (Wildman–Crippen LogP) is 4.59. The Morgan fingerprint density at radius 1 is 1.00 bits per heavy atom. The normalized spacial score (nSPS) is 16.4. The maximum atomic E-state index is 13.6. The van der Waals surface area contributed by atoms with Crippen molar-refractivity contribution in [1.29, 1.82) is 0 Å². The molecule has 4 nitrogen and oxygen atoms in total. The minimum absolute atomic E-state index is 0.0794. The van der Waals surface area contributed by atoms with E-state index < -0.39 is 11.7 Å². The molecule has 0 unspecified atom stereocenters. The lowest BCUT2D eigenvalue weighted by Gasteiger charge is -2.44. The van der Waals surface area contributed by atoms with Crippen LogP contribution in [0.5, 0.6) is 0 Å². The minimum atomic E-state index is -4.30. The summed E-state index contributed by atoms with van der Waals surface area (Å²) in [7, 11) is 0. The molecule has 0 bridgehead atoms. The summed E-state index contributed by atoms with van der Waals surface area (Å²) in [6.07, 6.45) is 2.79. The van der Waals surface area contributed by atoms with Crippen LogP contribution >= 0.6 is 0 Å². The summed E-state index contributed by atoms with van der Waals surface area (Å²) in [6.45, 7) is 0. The Balaban J connectivity index is 1.85. The van der Waals surface area contributed by atoms with E-state index >= 15 is 0 Å². The second-order valence-electron chi connectivity index (χ2n) is 6.24. The molecule has 0 spiro atoms. The average Bonchev–Trinajstić information content (AvgIpc) is 2.57. The first-order chi connectivity index (χ1) is 12.0. The highest BCUT2D eigenvalue weighted by Crippen LogP contribution is 2.48. The molecule has 1 fully saturated rings. The monoisotopic (exact) mass is 344 g/mol. The summed E-state index contributed by atoms with van der Waals surface area (Å²) in [5, 5.41) is 3.40. The molecule has 7 heteroatoms. The fourth-order valence-electron chi connectivity index (χ4n) is 3.12. The molecular weight excluding hydrogens is 329 g/mol. The summed E-state index contributed by atoms with van der Waals surface area (Å²) < 4.78 is 40.7. The number of halogens is 3. The summed E-state index contributed by atoms with van der Waals surface area (Å²) in [5.74, 6) is 0. The number of rotatable bonds is 3. The van der Waals surface area contributed by atoms with E-state index in [1.54, 1.807) is 49.1 Å². The molecule has 4 rings (SSSR count). The fourth-order valence-corrected chi connectivity index (χ4v) is 3.12. The van der Waals surface area contributed by atoms with Crippen LogP contribution in [0.25, 0.3) is 22.2 Å². The van der Waals surface area contributed by atoms with E-state index in [1.807, 2.05) is 0 Å². The molecule has 0 aromatic carbocycles. The quantitative estimate of drug-likeness (QED) is 0.755. The van der Waals surface area contributed by atoms with Gasteiger partial charge in [0.05, 0.1) is 17.4 Å². The largest absolute Gasteiger partial charge is 0.411 e. The van der Waals surface area contributed by atoms with E-state index in [1.165, 1.54) is 0 Å². The second-order valence-corrected chi connectivity index (χ2v) is 6.24. The van der Waals surface area contributed by atoms with E-state index in [4.69, 9.17) is 0 Å². The number of pyridine rings is 3. The summed E-state index contributed by atoms with van der Waals surface area (Å²) in [6, 6.07) is 6.90. The lowest BCUT2D eigenvalue weighted by molar-refractivity contribution is -0.198. The molecule has 1 aliphatic rings. The van der Waals surface area contributed by atoms with E-state index in [0.717, 1.165) is 5.56 Å². The first-order valence-corrected chi connectivity index (χ1v) is 7.99. The van der Waals surface area contributed by atoms with Crippen LogP contribution in [0.2, 0.25) is 0 Å². The molecule has 0 radical (unpaired) electrons. The van der Waals surface area contributed by atoms with Gasteiger partial charge < -0.3 is 5.32 Å². The molecule has 1 N–H and O–H groups in total. The fraction of sp³-hybridized carbons (Fsp3) is 0.278. The van der Waals surface area contributed by atoms with Crippen LogP contribution in [0.3, 0.4) is 0 Å². The average molecular weight is 344 g/mol. The molecule has 0 saturated heterocycles. The predicted molar refractivity (Wildman–Crippen MR) is 89.0 cm³/mol. The van der Waals surface area contributed by atoms with Gasteiger partial charge >= 0.3 is 6.18 Å². The zero-order valence-corrected chi connectivity index (χ0v) is 13.2. The van der Waals surface area contributed by atoms with Gasteiger partial charge in [0.25, 0.3) is 0 Å². The second kappa shape index (κ2) is 5.68. The third kappa shape index (κ3) is 2.69. The van der Waals surface area contributed by atoms with E-state index in [-0.39, 0.29) is 12.8 Å². The van der Waals surface area contributed by atoms with Gasteiger partial charge in [-0.05, 0) is 43.5 Å². The smallest absolute Gasteiger partial charge is 0.371 e. The van der Waals surface area contributed by atoms with Crippen molar-refractivity contribution in [2.24, 2.45) is 0 Å². The van der Waals surface area contributed by atoms with Crippen LogP contribution < -0.4 is 5.32 Å². The summed E-state index contributed by atoms with van der Waals surface area (Å²) >= 11 is 0. The van der Waals surface area contributed by atoms with Crippen molar-refractivity contribution in [3.05, 3.63) is 49.1 Å². The molecule has 3 aromatic heterocycles. The Labute approximate surface area is 142 Å². The van der Waals surface area contributed by atoms with Crippen molar-refractivity contribution in [2.75, 3.05) is 5.32 Å². The maximum Gasteiger partial charge on any atom is 0.411 e. The molecule has 3 aromatic rings. The van der Waals surface area contributed by atoms with Gasteiger partial charge in [0.15, 0.2) is 0 Å². The molecule has 0 aliphatic heterocycles. The van der Waals surface area contributed by atoms with Gasteiger partial charge in [0, 0.05) is 35.2 Å². The van der Waals surface area contributed by atoms with Crippen molar-refractivity contribution >= 4 is 16.6 Å². The molecule has 128 valence electrons. The van der Waals surface area contributed by atoms with E-state index in [2.05, 4.69) is 20.3 Å². The molecular formula is C18H15F3N4. The highest BCUT2D eigenvalue weighted by Gasteiger charge is 2.58. The number of anilines is 1. The van der Waals surface area contributed by atoms with Crippen LogP contribution in [0.15, 0.2) is 49.1 Å².